The standard InChI is InChI=1S/C14H18BrNO2/c1-14(13(17)18-2,9-10-6-7-10)16-12-5-3-4-11(15)8-12/h3-5,8,10,16H,6-7,9H2,1-2H3. The molecule has 4 heteroatoms. The Morgan fingerprint density at radius 2 is 2.28 bits per heavy atom. The van der Waals surface area contributed by atoms with E-state index in [2.05, 4.69) is 21.2 Å². The van der Waals surface area contributed by atoms with Crippen molar-refractivity contribution in [2.45, 2.75) is 31.7 Å². The summed E-state index contributed by atoms with van der Waals surface area (Å²) in [4.78, 5) is 12.0. The minimum atomic E-state index is -0.642. The SMILES string of the molecule is COC(=O)C(C)(CC1CC1)Nc1cccc(Br)c1. The maximum Gasteiger partial charge on any atom is 0.331 e. The van der Waals surface area contributed by atoms with Crippen LogP contribution < -0.4 is 5.32 Å². The number of anilines is 1. The van der Waals surface area contributed by atoms with Crippen LogP contribution in [0, 0.1) is 5.92 Å². The molecule has 1 aromatic carbocycles. The summed E-state index contributed by atoms with van der Waals surface area (Å²) in [6.07, 6.45) is 3.26. The van der Waals surface area contributed by atoms with E-state index in [1.54, 1.807) is 0 Å². The number of hydrogen-bond acceptors (Lipinski definition) is 3. The third kappa shape index (κ3) is 3.25. The molecule has 0 amide bonds. The van der Waals surface area contributed by atoms with Gasteiger partial charge in [-0.25, -0.2) is 4.79 Å². The second-order valence-electron chi connectivity index (χ2n) is 5.11. The van der Waals surface area contributed by atoms with E-state index >= 15 is 0 Å². The van der Waals surface area contributed by atoms with E-state index in [4.69, 9.17) is 4.74 Å². The van der Waals surface area contributed by atoms with E-state index in [1.165, 1.54) is 20.0 Å². The second-order valence-corrected chi connectivity index (χ2v) is 6.02. The summed E-state index contributed by atoms with van der Waals surface area (Å²) in [5.41, 5.74) is 0.286. The molecule has 0 spiro atoms. The molecule has 2 rings (SSSR count). The normalized spacial score (nSPS) is 17.9. The lowest BCUT2D eigenvalue weighted by atomic mass is 9.94. The van der Waals surface area contributed by atoms with Crippen LogP contribution in [0.4, 0.5) is 5.69 Å². The van der Waals surface area contributed by atoms with Gasteiger partial charge in [-0.15, -0.1) is 0 Å². The molecule has 18 heavy (non-hydrogen) atoms. The fourth-order valence-corrected chi connectivity index (χ4v) is 2.59. The number of ether oxygens (including phenoxy) is 1. The van der Waals surface area contributed by atoms with Crippen molar-refractivity contribution in [1.29, 1.82) is 0 Å². The Bertz CT molecular complexity index is 445. The Kier molecular flexibility index (Phi) is 3.95. The Morgan fingerprint density at radius 3 is 2.83 bits per heavy atom. The van der Waals surface area contributed by atoms with Crippen molar-refractivity contribution in [1.82, 2.24) is 0 Å². The molecular weight excluding hydrogens is 294 g/mol. The highest BCUT2D eigenvalue weighted by Gasteiger charge is 2.40. The molecule has 1 N–H and O–H groups in total. The number of methoxy groups -OCH3 is 1. The van der Waals surface area contributed by atoms with Gasteiger partial charge in [0, 0.05) is 10.2 Å². The van der Waals surface area contributed by atoms with Gasteiger partial charge in [-0.3, -0.25) is 0 Å². The van der Waals surface area contributed by atoms with Crippen LogP contribution in [0.15, 0.2) is 28.7 Å². The fraction of sp³-hybridized carbons (Fsp3) is 0.500. The van der Waals surface area contributed by atoms with E-state index in [0.29, 0.717) is 5.92 Å². The molecule has 0 saturated heterocycles. The minimum absolute atomic E-state index is 0.200. The van der Waals surface area contributed by atoms with Crippen LogP contribution in [0.3, 0.4) is 0 Å². The van der Waals surface area contributed by atoms with Crippen molar-refractivity contribution < 1.29 is 9.53 Å². The number of halogens is 1. The van der Waals surface area contributed by atoms with Crippen molar-refractivity contribution >= 4 is 27.6 Å². The largest absolute Gasteiger partial charge is 0.467 e. The van der Waals surface area contributed by atoms with Gasteiger partial charge in [0.2, 0.25) is 0 Å². The van der Waals surface area contributed by atoms with Crippen LogP contribution in [-0.4, -0.2) is 18.6 Å². The predicted molar refractivity (Wildman–Crippen MR) is 75.5 cm³/mol. The number of carbonyl (C=O) groups is 1. The van der Waals surface area contributed by atoms with Crippen LogP contribution in [0.5, 0.6) is 0 Å². The maximum atomic E-state index is 12.0. The van der Waals surface area contributed by atoms with Gasteiger partial charge in [-0.2, -0.15) is 0 Å². The van der Waals surface area contributed by atoms with Crippen molar-refractivity contribution in [2.24, 2.45) is 5.92 Å². The topological polar surface area (TPSA) is 38.3 Å². The summed E-state index contributed by atoms with van der Waals surface area (Å²) in [5.74, 6) is 0.447. The van der Waals surface area contributed by atoms with Gasteiger partial charge < -0.3 is 10.1 Å². The molecule has 1 atom stereocenters. The first-order chi connectivity index (χ1) is 8.53. The summed E-state index contributed by atoms with van der Waals surface area (Å²) in [6.45, 7) is 1.91. The monoisotopic (exact) mass is 311 g/mol. The van der Waals surface area contributed by atoms with Gasteiger partial charge in [-0.1, -0.05) is 34.8 Å². The first-order valence-corrected chi connectivity index (χ1v) is 6.95. The third-order valence-corrected chi connectivity index (χ3v) is 3.77. The van der Waals surface area contributed by atoms with E-state index in [1.807, 2.05) is 31.2 Å². The summed E-state index contributed by atoms with van der Waals surface area (Å²) < 4.78 is 5.93. The van der Waals surface area contributed by atoms with Gasteiger partial charge in [-0.05, 0) is 37.5 Å². The molecule has 0 aromatic heterocycles. The second kappa shape index (κ2) is 5.31. The number of esters is 1. The van der Waals surface area contributed by atoms with E-state index in [0.717, 1.165) is 16.6 Å². The first kappa shape index (κ1) is 13.4. The van der Waals surface area contributed by atoms with Crippen LogP contribution in [-0.2, 0) is 9.53 Å². The zero-order valence-corrected chi connectivity index (χ0v) is 12.3. The molecule has 98 valence electrons. The van der Waals surface area contributed by atoms with Gasteiger partial charge in [0.25, 0.3) is 0 Å². The maximum absolute atomic E-state index is 12.0. The van der Waals surface area contributed by atoms with Crippen molar-refractivity contribution in [3.63, 3.8) is 0 Å². The summed E-state index contributed by atoms with van der Waals surface area (Å²) in [6, 6.07) is 7.83. The molecule has 1 aromatic rings. The van der Waals surface area contributed by atoms with Crippen molar-refractivity contribution in [2.75, 3.05) is 12.4 Å². The molecule has 1 aliphatic carbocycles. The van der Waals surface area contributed by atoms with E-state index in [-0.39, 0.29) is 5.97 Å². The zero-order valence-electron chi connectivity index (χ0n) is 10.7. The Balaban J connectivity index is 2.15. The summed E-state index contributed by atoms with van der Waals surface area (Å²) in [7, 11) is 1.44. The predicted octanol–water partition coefficient (Wildman–Crippen LogP) is 3.59. The van der Waals surface area contributed by atoms with Crippen LogP contribution in [0.2, 0.25) is 0 Å². The van der Waals surface area contributed by atoms with Crippen LogP contribution in [0.25, 0.3) is 0 Å². The number of carbonyl (C=O) groups excluding carboxylic acids is 1. The first-order valence-electron chi connectivity index (χ1n) is 6.16. The van der Waals surface area contributed by atoms with Crippen molar-refractivity contribution in [3.8, 4) is 0 Å². The number of hydrogen-bond donors (Lipinski definition) is 1. The average Bonchev–Trinajstić information content (AvgIpc) is 3.11. The van der Waals surface area contributed by atoms with E-state index in [9.17, 15) is 4.79 Å². The molecule has 0 heterocycles. The van der Waals surface area contributed by atoms with Gasteiger partial charge in [0.15, 0.2) is 0 Å². The molecule has 1 fully saturated rings. The van der Waals surface area contributed by atoms with Gasteiger partial charge in [0.05, 0.1) is 7.11 Å². The molecule has 0 radical (unpaired) electrons. The molecule has 1 aliphatic rings. The van der Waals surface area contributed by atoms with Gasteiger partial charge in [0.1, 0.15) is 5.54 Å². The lowest BCUT2D eigenvalue weighted by Gasteiger charge is -2.29. The molecule has 1 saturated carbocycles. The molecule has 0 bridgehead atoms. The molecule has 0 aliphatic heterocycles. The summed E-state index contributed by atoms with van der Waals surface area (Å²) in [5, 5.41) is 3.31. The molecule has 1 unspecified atom stereocenters. The molecule has 3 nitrogen and oxygen atoms in total. The summed E-state index contributed by atoms with van der Waals surface area (Å²) >= 11 is 3.43. The average molecular weight is 312 g/mol. The number of nitrogens with one attached hydrogen (secondary N) is 1. The fourth-order valence-electron chi connectivity index (χ4n) is 2.19. The van der Waals surface area contributed by atoms with E-state index < -0.39 is 5.54 Å². The number of rotatable bonds is 5. The Morgan fingerprint density at radius 1 is 1.56 bits per heavy atom. The quantitative estimate of drug-likeness (QED) is 0.844. The van der Waals surface area contributed by atoms with Gasteiger partial charge >= 0.3 is 5.97 Å². The Labute approximate surface area is 116 Å². The zero-order chi connectivity index (χ0) is 13.2. The smallest absolute Gasteiger partial charge is 0.331 e. The van der Waals surface area contributed by atoms with Crippen LogP contribution in [0.1, 0.15) is 26.2 Å². The Hall–Kier alpha value is -1.03. The molecular formula is C14H18BrNO2. The lowest BCUT2D eigenvalue weighted by molar-refractivity contribution is -0.145. The highest BCUT2D eigenvalue weighted by atomic mass is 79.9. The van der Waals surface area contributed by atoms with Crippen molar-refractivity contribution in [3.05, 3.63) is 28.7 Å². The van der Waals surface area contributed by atoms with Crippen LogP contribution >= 0.6 is 15.9 Å². The minimum Gasteiger partial charge on any atom is -0.467 e. The highest BCUT2D eigenvalue weighted by molar-refractivity contribution is 9.10. The lowest BCUT2D eigenvalue weighted by Crippen LogP contribution is -2.44. The number of benzene rings is 1. The third-order valence-electron chi connectivity index (χ3n) is 3.27. The highest BCUT2D eigenvalue weighted by Crippen LogP contribution is 2.38.